The highest BCUT2D eigenvalue weighted by molar-refractivity contribution is 7.89. The molecule has 0 aliphatic rings. The van der Waals surface area contributed by atoms with E-state index < -0.39 is 10.0 Å². The van der Waals surface area contributed by atoms with E-state index in [1.807, 2.05) is 19.1 Å². The maximum atomic E-state index is 12.8. The van der Waals surface area contributed by atoms with Crippen molar-refractivity contribution in [1.29, 1.82) is 0 Å². The second-order valence-electron chi connectivity index (χ2n) is 6.25. The van der Waals surface area contributed by atoms with E-state index in [1.54, 1.807) is 39.2 Å². The molecule has 1 N–H and O–H groups in total. The van der Waals surface area contributed by atoms with Crippen molar-refractivity contribution in [3.05, 3.63) is 48.0 Å². The number of sulfonamides is 1. The van der Waals surface area contributed by atoms with Gasteiger partial charge in [0.05, 0.1) is 30.7 Å². The minimum Gasteiger partial charge on any atom is -0.497 e. The van der Waals surface area contributed by atoms with Crippen LogP contribution in [0.5, 0.6) is 11.5 Å². The molecule has 0 saturated carbocycles. The van der Waals surface area contributed by atoms with Gasteiger partial charge in [-0.25, -0.2) is 8.42 Å². The molecule has 0 aliphatic heterocycles. The van der Waals surface area contributed by atoms with Crippen LogP contribution >= 0.6 is 0 Å². The molecule has 0 aromatic heterocycles. The molecule has 2 aromatic rings. The van der Waals surface area contributed by atoms with Crippen LogP contribution < -0.4 is 14.8 Å². The number of hydrogen-bond donors (Lipinski definition) is 1. The van der Waals surface area contributed by atoms with Gasteiger partial charge in [-0.1, -0.05) is 26.0 Å². The minimum absolute atomic E-state index is 0.115. The van der Waals surface area contributed by atoms with E-state index >= 15 is 0 Å². The molecule has 29 heavy (non-hydrogen) atoms. The molecule has 0 saturated heterocycles. The van der Waals surface area contributed by atoms with E-state index in [0.29, 0.717) is 36.9 Å². The van der Waals surface area contributed by atoms with Crippen LogP contribution in [0.15, 0.2) is 47.4 Å². The maximum absolute atomic E-state index is 12.8. The SMILES string of the molecule is CCOc1ccc(S(=O)(=O)N(CC)CC)cc1NC(=O)Cc1ccc(OC)cc1. The number of benzene rings is 2. The third kappa shape index (κ3) is 5.71. The van der Waals surface area contributed by atoms with Gasteiger partial charge in [-0.3, -0.25) is 4.79 Å². The van der Waals surface area contributed by atoms with Gasteiger partial charge >= 0.3 is 0 Å². The molecule has 0 aliphatic carbocycles. The van der Waals surface area contributed by atoms with Crippen LogP contribution in [-0.2, 0) is 21.2 Å². The van der Waals surface area contributed by atoms with E-state index in [9.17, 15) is 13.2 Å². The Morgan fingerprint density at radius 3 is 2.24 bits per heavy atom. The van der Waals surface area contributed by atoms with Gasteiger partial charge in [0.1, 0.15) is 11.5 Å². The molecule has 2 aromatic carbocycles. The molecule has 0 unspecified atom stereocenters. The first-order valence-corrected chi connectivity index (χ1v) is 11.0. The van der Waals surface area contributed by atoms with Crippen LogP contribution in [0, 0.1) is 0 Å². The summed E-state index contributed by atoms with van der Waals surface area (Å²) in [5.74, 6) is 0.865. The fourth-order valence-corrected chi connectivity index (χ4v) is 4.37. The topological polar surface area (TPSA) is 84.9 Å². The van der Waals surface area contributed by atoms with Crippen molar-refractivity contribution in [1.82, 2.24) is 4.31 Å². The number of ether oxygens (including phenoxy) is 2. The number of amides is 1. The zero-order chi connectivity index (χ0) is 21.4. The van der Waals surface area contributed by atoms with Gasteiger partial charge in [-0.05, 0) is 42.8 Å². The van der Waals surface area contributed by atoms with Crippen LogP contribution in [0.4, 0.5) is 5.69 Å². The number of carbonyl (C=O) groups is 1. The van der Waals surface area contributed by atoms with Gasteiger partial charge in [0, 0.05) is 13.1 Å². The Balaban J connectivity index is 2.27. The van der Waals surface area contributed by atoms with Crippen molar-refractivity contribution in [3.8, 4) is 11.5 Å². The number of rotatable bonds is 10. The predicted molar refractivity (Wildman–Crippen MR) is 113 cm³/mol. The first kappa shape index (κ1) is 22.7. The van der Waals surface area contributed by atoms with Crippen LogP contribution in [0.25, 0.3) is 0 Å². The maximum Gasteiger partial charge on any atom is 0.243 e. The Morgan fingerprint density at radius 2 is 1.69 bits per heavy atom. The molecule has 0 fully saturated rings. The smallest absolute Gasteiger partial charge is 0.243 e. The third-order valence-corrected chi connectivity index (χ3v) is 6.44. The number of hydrogen-bond acceptors (Lipinski definition) is 5. The first-order valence-electron chi connectivity index (χ1n) is 9.55. The van der Waals surface area contributed by atoms with Crippen molar-refractivity contribution in [2.45, 2.75) is 32.1 Å². The van der Waals surface area contributed by atoms with Crippen molar-refractivity contribution in [2.75, 3.05) is 32.1 Å². The lowest BCUT2D eigenvalue weighted by molar-refractivity contribution is -0.115. The number of carbonyl (C=O) groups excluding carboxylic acids is 1. The lowest BCUT2D eigenvalue weighted by atomic mass is 10.1. The summed E-state index contributed by atoms with van der Waals surface area (Å²) in [5.41, 5.74) is 1.15. The summed E-state index contributed by atoms with van der Waals surface area (Å²) >= 11 is 0. The number of anilines is 1. The largest absolute Gasteiger partial charge is 0.497 e. The molecule has 0 spiro atoms. The monoisotopic (exact) mass is 420 g/mol. The summed E-state index contributed by atoms with van der Waals surface area (Å²) in [6.45, 7) is 6.52. The number of methoxy groups -OCH3 is 1. The zero-order valence-electron chi connectivity index (χ0n) is 17.3. The highest BCUT2D eigenvalue weighted by Gasteiger charge is 2.23. The molecule has 2 rings (SSSR count). The lowest BCUT2D eigenvalue weighted by Crippen LogP contribution is -2.30. The third-order valence-electron chi connectivity index (χ3n) is 4.39. The molecule has 1 amide bonds. The summed E-state index contributed by atoms with van der Waals surface area (Å²) in [5, 5.41) is 2.78. The molecule has 0 bridgehead atoms. The Hall–Kier alpha value is -2.58. The standard InChI is InChI=1S/C21H28N2O5S/c1-5-23(6-2)29(25,26)18-12-13-20(28-7-3)19(15-18)22-21(24)14-16-8-10-17(27-4)11-9-16/h8-13,15H,5-7,14H2,1-4H3,(H,22,24). The molecule has 8 heteroatoms. The summed E-state index contributed by atoms with van der Waals surface area (Å²) < 4.78 is 37.7. The fraction of sp³-hybridized carbons (Fsp3) is 0.381. The molecule has 0 radical (unpaired) electrons. The van der Waals surface area contributed by atoms with Crippen LogP contribution in [0.2, 0.25) is 0 Å². The normalized spacial score (nSPS) is 11.3. The lowest BCUT2D eigenvalue weighted by Gasteiger charge is -2.20. The Bertz CT molecular complexity index is 923. The second-order valence-corrected chi connectivity index (χ2v) is 8.19. The van der Waals surface area contributed by atoms with E-state index in [-0.39, 0.29) is 17.2 Å². The minimum atomic E-state index is -3.65. The molecule has 7 nitrogen and oxygen atoms in total. The van der Waals surface area contributed by atoms with Crippen LogP contribution in [0.3, 0.4) is 0 Å². The summed E-state index contributed by atoms with van der Waals surface area (Å²) in [7, 11) is -2.07. The molecule has 0 heterocycles. The highest BCUT2D eigenvalue weighted by Crippen LogP contribution is 2.29. The van der Waals surface area contributed by atoms with E-state index in [0.717, 1.165) is 5.56 Å². The summed E-state index contributed by atoms with van der Waals surface area (Å²) in [4.78, 5) is 12.7. The van der Waals surface area contributed by atoms with Gasteiger partial charge in [-0.2, -0.15) is 4.31 Å². The van der Waals surface area contributed by atoms with Crippen molar-refractivity contribution in [3.63, 3.8) is 0 Å². The second kappa shape index (κ2) is 10.3. The zero-order valence-corrected chi connectivity index (χ0v) is 18.1. The van der Waals surface area contributed by atoms with Gasteiger partial charge < -0.3 is 14.8 Å². The summed E-state index contributed by atoms with van der Waals surface area (Å²) in [6.07, 6.45) is 0.141. The fourth-order valence-electron chi connectivity index (χ4n) is 2.88. The molecule has 158 valence electrons. The average Bonchev–Trinajstić information content (AvgIpc) is 2.70. The Morgan fingerprint density at radius 1 is 1.03 bits per heavy atom. The van der Waals surface area contributed by atoms with Crippen LogP contribution in [-0.4, -0.2) is 45.4 Å². The first-order chi connectivity index (χ1) is 13.8. The van der Waals surface area contributed by atoms with E-state index in [4.69, 9.17) is 9.47 Å². The van der Waals surface area contributed by atoms with E-state index in [2.05, 4.69) is 5.32 Å². The van der Waals surface area contributed by atoms with Crippen molar-refractivity contribution in [2.24, 2.45) is 0 Å². The number of nitrogens with one attached hydrogen (secondary N) is 1. The Kier molecular flexibility index (Phi) is 8.04. The predicted octanol–water partition coefficient (Wildman–Crippen LogP) is 3.31. The van der Waals surface area contributed by atoms with Gasteiger partial charge in [0.2, 0.25) is 15.9 Å². The van der Waals surface area contributed by atoms with Gasteiger partial charge in [0.15, 0.2) is 0 Å². The van der Waals surface area contributed by atoms with Crippen molar-refractivity contribution < 1.29 is 22.7 Å². The van der Waals surface area contributed by atoms with Crippen LogP contribution in [0.1, 0.15) is 26.3 Å². The quantitative estimate of drug-likeness (QED) is 0.637. The highest BCUT2D eigenvalue weighted by atomic mass is 32.2. The molecule has 0 atom stereocenters. The Labute approximate surface area is 172 Å². The van der Waals surface area contributed by atoms with Gasteiger partial charge in [0.25, 0.3) is 0 Å². The van der Waals surface area contributed by atoms with E-state index in [1.165, 1.54) is 16.4 Å². The molecular formula is C21H28N2O5S. The van der Waals surface area contributed by atoms with Crippen molar-refractivity contribution >= 4 is 21.6 Å². The van der Waals surface area contributed by atoms with Gasteiger partial charge in [-0.15, -0.1) is 0 Å². The number of nitrogens with zero attached hydrogens (tertiary/aromatic N) is 1. The summed E-state index contributed by atoms with van der Waals surface area (Å²) in [6, 6.07) is 11.7. The average molecular weight is 421 g/mol. The molecular weight excluding hydrogens is 392 g/mol.